The second kappa shape index (κ2) is 8.86. The summed E-state index contributed by atoms with van der Waals surface area (Å²) >= 11 is 0. The van der Waals surface area contributed by atoms with Gasteiger partial charge in [0.25, 0.3) is 0 Å². The van der Waals surface area contributed by atoms with Crippen LogP contribution in [0.15, 0.2) is 73.5 Å². The van der Waals surface area contributed by atoms with Crippen molar-refractivity contribution in [3.8, 4) is 0 Å². The van der Waals surface area contributed by atoms with Crippen LogP contribution >= 0.6 is 0 Å². The van der Waals surface area contributed by atoms with Gasteiger partial charge in [-0.25, -0.2) is 0 Å². The third-order valence-electron chi connectivity index (χ3n) is 2.65. The summed E-state index contributed by atoms with van der Waals surface area (Å²) in [5, 5.41) is 3.03. The maximum atomic E-state index is 4.08. The number of hydrogen-bond donors (Lipinski definition) is 1. The molecule has 19 heavy (non-hydrogen) atoms. The Labute approximate surface area is 117 Å². The highest BCUT2D eigenvalue weighted by atomic mass is 15.1. The number of allylic oxidation sites excluding steroid dienone is 4. The molecule has 0 fully saturated rings. The van der Waals surface area contributed by atoms with Gasteiger partial charge in [0.2, 0.25) is 0 Å². The van der Waals surface area contributed by atoms with Crippen molar-refractivity contribution in [1.82, 2.24) is 15.1 Å². The van der Waals surface area contributed by atoms with Gasteiger partial charge in [0, 0.05) is 38.7 Å². The van der Waals surface area contributed by atoms with Gasteiger partial charge in [-0.2, -0.15) is 0 Å². The Morgan fingerprint density at radius 2 is 1.79 bits per heavy atom. The summed E-state index contributed by atoms with van der Waals surface area (Å²) in [6.45, 7) is 13.6. The highest BCUT2D eigenvalue weighted by molar-refractivity contribution is 5.31. The van der Waals surface area contributed by atoms with Crippen molar-refractivity contribution >= 4 is 0 Å². The molecule has 0 heterocycles. The van der Waals surface area contributed by atoms with Crippen LogP contribution in [0, 0.1) is 0 Å². The van der Waals surface area contributed by atoms with E-state index in [1.807, 2.05) is 62.3 Å². The maximum Gasteiger partial charge on any atom is 0.0564 e. The van der Waals surface area contributed by atoms with Crippen LogP contribution < -0.4 is 5.32 Å². The maximum absolute atomic E-state index is 4.08. The van der Waals surface area contributed by atoms with Crippen molar-refractivity contribution in [1.29, 1.82) is 0 Å². The summed E-state index contributed by atoms with van der Waals surface area (Å²) in [4.78, 5) is 3.89. The van der Waals surface area contributed by atoms with Crippen LogP contribution in [0.25, 0.3) is 0 Å². The van der Waals surface area contributed by atoms with Crippen LogP contribution in [0.5, 0.6) is 0 Å². The highest BCUT2D eigenvalue weighted by Crippen LogP contribution is 2.14. The molecule has 0 aliphatic heterocycles. The molecular weight excluding hydrogens is 234 g/mol. The highest BCUT2D eigenvalue weighted by Gasteiger charge is 2.05. The Morgan fingerprint density at radius 3 is 2.21 bits per heavy atom. The Balaban J connectivity index is 5.18. The van der Waals surface area contributed by atoms with Crippen molar-refractivity contribution in [2.24, 2.45) is 0 Å². The minimum absolute atomic E-state index is 0.864. The molecule has 0 saturated heterocycles. The van der Waals surface area contributed by atoms with E-state index in [4.69, 9.17) is 0 Å². The van der Waals surface area contributed by atoms with Crippen molar-refractivity contribution in [2.75, 3.05) is 21.1 Å². The van der Waals surface area contributed by atoms with E-state index in [2.05, 4.69) is 25.1 Å². The van der Waals surface area contributed by atoms with E-state index >= 15 is 0 Å². The molecule has 104 valence electrons. The van der Waals surface area contributed by atoms with Crippen LogP contribution in [0.4, 0.5) is 0 Å². The van der Waals surface area contributed by atoms with Gasteiger partial charge in [-0.3, -0.25) is 0 Å². The van der Waals surface area contributed by atoms with E-state index in [0.717, 1.165) is 17.1 Å². The van der Waals surface area contributed by atoms with Gasteiger partial charge in [-0.05, 0) is 31.4 Å². The number of hydrogen-bond acceptors (Lipinski definition) is 3. The first-order chi connectivity index (χ1) is 9.01. The normalized spacial score (nSPS) is 12.2. The second-order valence-corrected chi connectivity index (χ2v) is 3.98. The third kappa shape index (κ3) is 5.34. The lowest BCUT2D eigenvalue weighted by Crippen LogP contribution is -2.17. The molecule has 0 aliphatic rings. The largest absolute Gasteiger partial charge is 0.392 e. The zero-order chi connectivity index (χ0) is 14.8. The fraction of sp³-hybridized carbons (Fsp3) is 0.250. The van der Waals surface area contributed by atoms with Gasteiger partial charge in [-0.15, -0.1) is 0 Å². The number of likely N-dealkylation sites (N-methyl/N-ethyl adjacent to an activating group) is 2. The van der Waals surface area contributed by atoms with Crippen LogP contribution in [0.1, 0.15) is 6.92 Å². The SMILES string of the molecule is C=C/C(=C\C(=C)N(C)C(/C=C\C)=C/NC)N(C)C=C. The molecule has 0 spiro atoms. The van der Waals surface area contributed by atoms with E-state index in [9.17, 15) is 0 Å². The fourth-order valence-corrected chi connectivity index (χ4v) is 1.42. The summed E-state index contributed by atoms with van der Waals surface area (Å²) < 4.78 is 0. The van der Waals surface area contributed by atoms with Gasteiger partial charge >= 0.3 is 0 Å². The Kier molecular flexibility index (Phi) is 7.85. The summed E-state index contributed by atoms with van der Waals surface area (Å²) in [6.07, 6.45) is 11.4. The fourth-order valence-electron chi connectivity index (χ4n) is 1.42. The molecule has 0 atom stereocenters. The lowest BCUT2D eigenvalue weighted by atomic mass is 10.2. The van der Waals surface area contributed by atoms with E-state index in [0.29, 0.717) is 0 Å². The van der Waals surface area contributed by atoms with Crippen molar-refractivity contribution in [2.45, 2.75) is 6.92 Å². The van der Waals surface area contributed by atoms with E-state index in [1.165, 1.54) is 0 Å². The Hall–Kier alpha value is -2.16. The molecule has 0 aromatic rings. The quantitative estimate of drug-likeness (QED) is 0.675. The zero-order valence-corrected chi connectivity index (χ0v) is 12.5. The van der Waals surface area contributed by atoms with E-state index in [-0.39, 0.29) is 0 Å². The van der Waals surface area contributed by atoms with Crippen LogP contribution in [-0.2, 0) is 0 Å². The van der Waals surface area contributed by atoms with Crippen molar-refractivity contribution in [3.63, 3.8) is 0 Å². The van der Waals surface area contributed by atoms with E-state index < -0.39 is 0 Å². The Morgan fingerprint density at radius 1 is 1.16 bits per heavy atom. The zero-order valence-electron chi connectivity index (χ0n) is 12.5. The summed E-state index contributed by atoms with van der Waals surface area (Å²) in [5.41, 5.74) is 2.83. The van der Waals surface area contributed by atoms with Gasteiger partial charge in [0.1, 0.15) is 0 Å². The molecule has 0 unspecified atom stereocenters. The second-order valence-electron chi connectivity index (χ2n) is 3.98. The van der Waals surface area contributed by atoms with Gasteiger partial charge in [0.15, 0.2) is 0 Å². The molecule has 3 heteroatoms. The van der Waals surface area contributed by atoms with Crippen molar-refractivity contribution in [3.05, 3.63) is 73.5 Å². The molecule has 0 bridgehead atoms. The smallest absolute Gasteiger partial charge is 0.0564 e. The van der Waals surface area contributed by atoms with E-state index in [1.54, 1.807) is 12.3 Å². The summed E-state index contributed by atoms with van der Waals surface area (Å²) in [6, 6.07) is 0. The first-order valence-electron chi connectivity index (χ1n) is 6.14. The molecule has 0 aromatic carbocycles. The predicted molar refractivity (Wildman–Crippen MR) is 85.1 cm³/mol. The molecule has 0 amide bonds. The molecule has 0 saturated carbocycles. The first kappa shape index (κ1) is 16.8. The molecule has 0 aromatic heterocycles. The monoisotopic (exact) mass is 259 g/mol. The molecular formula is C16H25N3. The van der Waals surface area contributed by atoms with Gasteiger partial charge in [-0.1, -0.05) is 25.8 Å². The standard InChI is InChI=1S/C16H25N3/c1-8-11-16(13-17-5)19(7)14(4)12-15(9-2)18(6)10-3/h8-13,17H,2-4H2,1,5-7H3/b11-8-,15-12+,16-13+. The molecule has 0 radical (unpaired) electrons. The first-order valence-corrected chi connectivity index (χ1v) is 6.14. The Bertz CT molecular complexity index is 414. The van der Waals surface area contributed by atoms with Crippen LogP contribution in [0.2, 0.25) is 0 Å². The number of nitrogens with one attached hydrogen (secondary N) is 1. The lowest BCUT2D eigenvalue weighted by Gasteiger charge is -2.23. The number of nitrogens with zero attached hydrogens (tertiary/aromatic N) is 2. The van der Waals surface area contributed by atoms with Crippen LogP contribution in [-0.4, -0.2) is 30.9 Å². The van der Waals surface area contributed by atoms with Gasteiger partial charge in [0.05, 0.1) is 5.70 Å². The summed E-state index contributed by atoms with van der Waals surface area (Å²) in [7, 11) is 5.76. The minimum Gasteiger partial charge on any atom is -0.392 e. The predicted octanol–water partition coefficient (Wildman–Crippen LogP) is 3.21. The third-order valence-corrected chi connectivity index (χ3v) is 2.65. The molecule has 3 nitrogen and oxygen atoms in total. The average molecular weight is 259 g/mol. The minimum atomic E-state index is 0.864. The topological polar surface area (TPSA) is 18.5 Å². The van der Waals surface area contributed by atoms with Crippen LogP contribution in [0.3, 0.4) is 0 Å². The summed E-state index contributed by atoms with van der Waals surface area (Å²) in [5.74, 6) is 0. The molecule has 0 rings (SSSR count). The molecule has 0 aliphatic carbocycles. The average Bonchev–Trinajstić information content (AvgIpc) is 2.42. The molecule has 1 N–H and O–H groups in total. The lowest BCUT2D eigenvalue weighted by molar-refractivity contribution is 0.540. The number of rotatable bonds is 8. The van der Waals surface area contributed by atoms with Gasteiger partial charge < -0.3 is 15.1 Å². The van der Waals surface area contributed by atoms with Crippen molar-refractivity contribution < 1.29 is 0 Å².